The summed E-state index contributed by atoms with van der Waals surface area (Å²) in [6.07, 6.45) is 1.50. The van der Waals surface area contributed by atoms with Gasteiger partial charge in [0.05, 0.1) is 6.10 Å². The molecule has 2 N–H and O–H groups in total. The maximum Gasteiger partial charge on any atom is 0.0734 e. The molecule has 0 saturated carbocycles. The van der Waals surface area contributed by atoms with Gasteiger partial charge in [-0.2, -0.15) is 0 Å². The molecule has 2 nitrogen and oxygen atoms in total. The van der Waals surface area contributed by atoms with E-state index in [1.165, 1.54) is 4.90 Å². The topological polar surface area (TPSA) is 40.5 Å². The molecule has 0 fully saturated rings. The van der Waals surface area contributed by atoms with Gasteiger partial charge in [-0.25, -0.2) is 0 Å². The maximum atomic E-state index is 10.6. The number of benzene rings is 1. The van der Waals surface area contributed by atoms with Crippen LogP contribution in [0.4, 0.5) is 0 Å². The molecule has 0 saturated heterocycles. The SMILES string of the molecule is CC(C)CC[C@@](C)(Sc1ccccc1)[C@@H](O)[C@H](C)CO. The van der Waals surface area contributed by atoms with E-state index in [1.807, 2.05) is 25.1 Å². The Morgan fingerprint density at radius 2 is 1.75 bits per heavy atom. The molecule has 0 spiro atoms. The van der Waals surface area contributed by atoms with Gasteiger partial charge in [-0.05, 0) is 37.8 Å². The van der Waals surface area contributed by atoms with E-state index in [0.717, 1.165) is 12.8 Å². The molecule has 3 heteroatoms. The summed E-state index contributed by atoms with van der Waals surface area (Å²) in [6, 6.07) is 10.2. The van der Waals surface area contributed by atoms with Gasteiger partial charge in [-0.1, -0.05) is 39.0 Å². The summed E-state index contributed by atoms with van der Waals surface area (Å²) in [5.74, 6) is 0.505. The minimum absolute atomic E-state index is 0.0216. The summed E-state index contributed by atoms with van der Waals surface area (Å²) in [6.45, 7) is 8.45. The van der Waals surface area contributed by atoms with Crippen LogP contribution in [0.1, 0.15) is 40.5 Å². The summed E-state index contributed by atoms with van der Waals surface area (Å²) in [5, 5.41) is 20.0. The Morgan fingerprint density at radius 1 is 1.15 bits per heavy atom. The summed E-state index contributed by atoms with van der Waals surface area (Å²) >= 11 is 1.72. The summed E-state index contributed by atoms with van der Waals surface area (Å²) < 4.78 is -0.270. The lowest BCUT2D eigenvalue weighted by Gasteiger charge is -2.37. The predicted octanol–water partition coefficient (Wildman–Crippen LogP) is 3.96. The monoisotopic (exact) mass is 296 g/mol. The van der Waals surface area contributed by atoms with Gasteiger partial charge in [0.25, 0.3) is 0 Å². The molecule has 0 aliphatic carbocycles. The minimum Gasteiger partial charge on any atom is -0.396 e. The van der Waals surface area contributed by atoms with Crippen LogP contribution in [0.3, 0.4) is 0 Å². The molecule has 3 atom stereocenters. The Bertz CT molecular complexity index is 380. The number of hydrogen-bond donors (Lipinski definition) is 2. The molecular weight excluding hydrogens is 268 g/mol. The lowest BCUT2D eigenvalue weighted by atomic mass is 9.87. The molecule has 0 amide bonds. The van der Waals surface area contributed by atoms with Crippen molar-refractivity contribution in [2.24, 2.45) is 11.8 Å². The van der Waals surface area contributed by atoms with E-state index in [-0.39, 0.29) is 17.3 Å². The number of aliphatic hydroxyl groups excluding tert-OH is 2. The van der Waals surface area contributed by atoms with E-state index in [0.29, 0.717) is 5.92 Å². The van der Waals surface area contributed by atoms with Gasteiger partial charge < -0.3 is 10.2 Å². The van der Waals surface area contributed by atoms with Crippen molar-refractivity contribution in [2.45, 2.75) is 56.3 Å². The Kier molecular flexibility index (Phi) is 7.07. The van der Waals surface area contributed by atoms with Gasteiger partial charge in [-0.15, -0.1) is 11.8 Å². The standard InChI is InChI=1S/C17H28O2S/c1-13(2)10-11-17(4,16(19)14(3)12-18)20-15-8-6-5-7-9-15/h5-9,13-14,16,18-19H,10-12H2,1-4H3/t14-,16+,17-/m1/s1. The van der Waals surface area contributed by atoms with Crippen molar-refractivity contribution in [2.75, 3.05) is 6.61 Å². The molecule has 20 heavy (non-hydrogen) atoms. The first-order chi connectivity index (χ1) is 9.39. The molecule has 0 aromatic heterocycles. The van der Waals surface area contributed by atoms with E-state index in [4.69, 9.17) is 0 Å². The highest BCUT2D eigenvalue weighted by Crippen LogP contribution is 2.41. The van der Waals surface area contributed by atoms with Crippen LogP contribution >= 0.6 is 11.8 Å². The number of rotatable bonds is 8. The van der Waals surface area contributed by atoms with E-state index in [1.54, 1.807) is 11.8 Å². The van der Waals surface area contributed by atoms with Crippen LogP contribution in [0, 0.1) is 11.8 Å². The summed E-state index contributed by atoms with van der Waals surface area (Å²) in [7, 11) is 0. The fourth-order valence-electron chi connectivity index (χ4n) is 2.29. The molecule has 0 unspecified atom stereocenters. The second-order valence-corrected chi connectivity index (χ2v) is 7.87. The number of thioether (sulfide) groups is 1. The molecular formula is C17H28O2S. The van der Waals surface area contributed by atoms with E-state index >= 15 is 0 Å². The van der Waals surface area contributed by atoms with Crippen molar-refractivity contribution >= 4 is 11.8 Å². The van der Waals surface area contributed by atoms with Crippen LogP contribution in [0.15, 0.2) is 35.2 Å². The summed E-state index contributed by atoms with van der Waals surface area (Å²) in [5.41, 5.74) is 0. The normalized spacial score (nSPS) is 17.8. The molecule has 114 valence electrons. The average Bonchev–Trinajstić information content (AvgIpc) is 2.44. The highest BCUT2D eigenvalue weighted by molar-refractivity contribution is 8.00. The number of aliphatic hydroxyl groups is 2. The quantitative estimate of drug-likeness (QED) is 0.713. The third kappa shape index (κ3) is 5.12. The van der Waals surface area contributed by atoms with Gasteiger partial charge in [-0.3, -0.25) is 0 Å². The molecule has 1 aromatic carbocycles. The van der Waals surface area contributed by atoms with E-state index in [9.17, 15) is 10.2 Å². The van der Waals surface area contributed by atoms with Crippen LogP contribution in [-0.4, -0.2) is 27.7 Å². The first kappa shape index (κ1) is 17.5. The van der Waals surface area contributed by atoms with Gasteiger partial charge in [0.1, 0.15) is 0 Å². The largest absolute Gasteiger partial charge is 0.396 e. The van der Waals surface area contributed by atoms with Crippen LogP contribution in [-0.2, 0) is 0 Å². The van der Waals surface area contributed by atoms with E-state index < -0.39 is 6.10 Å². The van der Waals surface area contributed by atoms with Crippen molar-refractivity contribution in [1.82, 2.24) is 0 Å². The minimum atomic E-state index is -0.517. The van der Waals surface area contributed by atoms with Crippen LogP contribution in [0.25, 0.3) is 0 Å². The van der Waals surface area contributed by atoms with Gasteiger partial charge >= 0.3 is 0 Å². The Labute approximate surface area is 127 Å². The fraction of sp³-hybridized carbons (Fsp3) is 0.647. The molecule has 1 aromatic rings. The van der Waals surface area contributed by atoms with Crippen LogP contribution < -0.4 is 0 Å². The maximum absolute atomic E-state index is 10.6. The third-order valence-corrected chi connectivity index (χ3v) is 5.18. The van der Waals surface area contributed by atoms with Crippen LogP contribution in [0.2, 0.25) is 0 Å². The first-order valence-electron chi connectivity index (χ1n) is 7.42. The highest BCUT2D eigenvalue weighted by Gasteiger charge is 2.37. The van der Waals surface area contributed by atoms with E-state index in [2.05, 4.69) is 32.9 Å². The molecule has 0 aliphatic rings. The zero-order valence-electron chi connectivity index (χ0n) is 13.0. The van der Waals surface area contributed by atoms with Crippen molar-refractivity contribution < 1.29 is 10.2 Å². The Morgan fingerprint density at radius 3 is 2.25 bits per heavy atom. The second-order valence-electron chi connectivity index (χ2n) is 6.26. The summed E-state index contributed by atoms with van der Waals surface area (Å²) in [4.78, 5) is 1.17. The van der Waals surface area contributed by atoms with Crippen molar-refractivity contribution in [1.29, 1.82) is 0 Å². The van der Waals surface area contributed by atoms with Crippen molar-refractivity contribution in [3.05, 3.63) is 30.3 Å². The Hall–Kier alpha value is -0.510. The van der Waals surface area contributed by atoms with Gasteiger partial charge in [0.15, 0.2) is 0 Å². The van der Waals surface area contributed by atoms with Gasteiger partial charge in [0.2, 0.25) is 0 Å². The smallest absolute Gasteiger partial charge is 0.0734 e. The van der Waals surface area contributed by atoms with Crippen molar-refractivity contribution in [3.63, 3.8) is 0 Å². The average molecular weight is 296 g/mol. The molecule has 0 heterocycles. The molecule has 0 radical (unpaired) electrons. The number of hydrogen-bond acceptors (Lipinski definition) is 3. The molecule has 0 bridgehead atoms. The second kappa shape index (κ2) is 8.06. The highest BCUT2D eigenvalue weighted by atomic mass is 32.2. The zero-order valence-corrected chi connectivity index (χ0v) is 13.9. The molecule has 1 rings (SSSR count). The molecule has 0 aliphatic heterocycles. The lowest BCUT2D eigenvalue weighted by molar-refractivity contribution is 0.0461. The van der Waals surface area contributed by atoms with Crippen molar-refractivity contribution in [3.8, 4) is 0 Å². The van der Waals surface area contributed by atoms with Gasteiger partial charge in [0, 0.05) is 22.2 Å². The first-order valence-corrected chi connectivity index (χ1v) is 8.23. The lowest BCUT2D eigenvalue weighted by Crippen LogP contribution is -2.42. The predicted molar refractivity (Wildman–Crippen MR) is 87.0 cm³/mol. The zero-order chi connectivity index (χ0) is 15.2. The Balaban J connectivity index is 2.88. The fourth-order valence-corrected chi connectivity index (χ4v) is 3.70. The van der Waals surface area contributed by atoms with Crippen LogP contribution in [0.5, 0.6) is 0 Å². The third-order valence-electron chi connectivity index (χ3n) is 3.76.